The highest BCUT2D eigenvalue weighted by Gasteiger charge is 2.14. The minimum atomic E-state index is 0.290. The third kappa shape index (κ3) is 4.29. The van der Waals surface area contributed by atoms with E-state index in [1.54, 1.807) is 12.5 Å². The van der Waals surface area contributed by atoms with E-state index in [4.69, 9.17) is 8.83 Å². The van der Waals surface area contributed by atoms with E-state index in [-0.39, 0.29) is 5.92 Å². The van der Waals surface area contributed by atoms with Crippen molar-refractivity contribution in [2.75, 3.05) is 0 Å². The van der Waals surface area contributed by atoms with Crippen LogP contribution in [0.2, 0.25) is 0 Å². The van der Waals surface area contributed by atoms with Crippen LogP contribution in [0.25, 0.3) is 0 Å². The predicted molar refractivity (Wildman–Crippen MR) is 86.5 cm³/mol. The summed E-state index contributed by atoms with van der Waals surface area (Å²) in [4.78, 5) is 11.2. The zero-order valence-electron chi connectivity index (χ0n) is 13.5. The molecule has 0 radical (unpaired) electrons. The lowest BCUT2D eigenvalue weighted by Crippen LogP contribution is -2.23. The third-order valence-corrected chi connectivity index (χ3v) is 3.52. The van der Waals surface area contributed by atoms with Gasteiger partial charge in [0.15, 0.2) is 5.89 Å². The van der Waals surface area contributed by atoms with Gasteiger partial charge >= 0.3 is 0 Å². The van der Waals surface area contributed by atoms with Crippen molar-refractivity contribution in [3.05, 3.63) is 72.1 Å². The highest BCUT2D eigenvalue weighted by atomic mass is 16.3. The molecule has 5 nitrogen and oxygen atoms in total. The largest absolute Gasteiger partial charge is 0.468 e. The zero-order chi connectivity index (χ0) is 16.1. The lowest BCUT2D eigenvalue weighted by atomic mass is 10.2. The van der Waals surface area contributed by atoms with Gasteiger partial charge in [-0.1, -0.05) is 19.9 Å². The number of nitrogens with zero attached hydrogens (tertiary/aromatic N) is 3. The van der Waals surface area contributed by atoms with E-state index in [0.717, 1.165) is 29.6 Å². The topological polar surface area (TPSA) is 55.3 Å². The van der Waals surface area contributed by atoms with Crippen LogP contribution in [-0.4, -0.2) is 14.9 Å². The number of oxazole rings is 1. The number of hydrogen-bond donors (Lipinski definition) is 0. The molecule has 0 spiro atoms. The predicted octanol–water partition coefficient (Wildman–Crippen LogP) is 3.99. The van der Waals surface area contributed by atoms with Crippen molar-refractivity contribution in [3.63, 3.8) is 0 Å². The normalized spacial score (nSPS) is 11.5. The Bertz CT molecular complexity index is 705. The Balaban J connectivity index is 1.73. The first-order valence-corrected chi connectivity index (χ1v) is 7.79. The van der Waals surface area contributed by atoms with Crippen LogP contribution in [0, 0.1) is 0 Å². The summed E-state index contributed by atoms with van der Waals surface area (Å²) in [6.07, 6.45) is 5.25. The molecular formula is C18H21N3O2. The smallest absolute Gasteiger partial charge is 0.196 e. The second-order valence-electron chi connectivity index (χ2n) is 5.88. The molecule has 0 aliphatic carbocycles. The number of pyridine rings is 1. The molecule has 0 unspecified atom stereocenters. The molecule has 0 fully saturated rings. The highest BCUT2D eigenvalue weighted by molar-refractivity contribution is 5.06. The van der Waals surface area contributed by atoms with Gasteiger partial charge in [-0.15, -0.1) is 0 Å². The average molecular weight is 311 g/mol. The minimum absolute atomic E-state index is 0.290. The summed E-state index contributed by atoms with van der Waals surface area (Å²) in [6.45, 7) is 6.26. The fourth-order valence-corrected chi connectivity index (χ4v) is 2.40. The van der Waals surface area contributed by atoms with E-state index >= 15 is 0 Å². The molecule has 0 amide bonds. The van der Waals surface area contributed by atoms with E-state index in [2.05, 4.69) is 28.7 Å². The van der Waals surface area contributed by atoms with E-state index in [1.807, 2.05) is 36.5 Å². The highest BCUT2D eigenvalue weighted by Crippen LogP contribution is 2.17. The molecule has 120 valence electrons. The maximum Gasteiger partial charge on any atom is 0.196 e. The molecule has 0 aliphatic rings. The van der Waals surface area contributed by atoms with Gasteiger partial charge in [0.25, 0.3) is 0 Å². The standard InChI is InChI=1S/C18H21N3O2/c1-14(2)18-20-16(13-23-18)11-21(12-17-7-5-9-22-17)10-15-6-3-4-8-19-15/h3-9,13-14H,10-12H2,1-2H3. The maximum absolute atomic E-state index is 5.54. The fourth-order valence-electron chi connectivity index (χ4n) is 2.40. The van der Waals surface area contributed by atoms with Gasteiger partial charge in [0.05, 0.1) is 24.2 Å². The molecule has 0 saturated carbocycles. The lowest BCUT2D eigenvalue weighted by molar-refractivity contribution is 0.221. The van der Waals surface area contributed by atoms with E-state index in [0.29, 0.717) is 13.1 Å². The number of hydrogen-bond acceptors (Lipinski definition) is 5. The van der Waals surface area contributed by atoms with Crippen molar-refractivity contribution in [1.29, 1.82) is 0 Å². The van der Waals surface area contributed by atoms with Crippen molar-refractivity contribution in [2.45, 2.75) is 39.4 Å². The van der Waals surface area contributed by atoms with Crippen LogP contribution in [0.15, 0.2) is 57.9 Å². The first kappa shape index (κ1) is 15.5. The SMILES string of the molecule is CC(C)c1nc(CN(Cc2ccccn2)Cc2ccco2)co1. The first-order chi connectivity index (χ1) is 11.2. The van der Waals surface area contributed by atoms with Crippen LogP contribution in [0.3, 0.4) is 0 Å². The average Bonchev–Trinajstić information content (AvgIpc) is 3.20. The molecule has 0 saturated heterocycles. The summed E-state index contributed by atoms with van der Waals surface area (Å²) >= 11 is 0. The van der Waals surface area contributed by atoms with Gasteiger partial charge in [0.1, 0.15) is 12.0 Å². The van der Waals surface area contributed by atoms with Gasteiger partial charge in [0.2, 0.25) is 0 Å². The Hall–Kier alpha value is -2.40. The molecule has 3 aromatic rings. The van der Waals surface area contributed by atoms with Gasteiger partial charge in [-0.25, -0.2) is 4.98 Å². The van der Waals surface area contributed by atoms with Crippen LogP contribution in [0.1, 0.15) is 42.8 Å². The summed E-state index contributed by atoms with van der Waals surface area (Å²) in [5.41, 5.74) is 1.95. The Morgan fingerprint density at radius 1 is 1.00 bits per heavy atom. The van der Waals surface area contributed by atoms with Gasteiger partial charge < -0.3 is 8.83 Å². The first-order valence-electron chi connectivity index (χ1n) is 7.79. The lowest BCUT2D eigenvalue weighted by Gasteiger charge is -2.19. The van der Waals surface area contributed by atoms with Crippen LogP contribution in [0.5, 0.6) is 0 Å². The third-order valence-electron chi connectivity index (χ3n) is 3.52. The van der Waals surface area contributed by atoms with Crippen molar-refractivity contribution in [2.24, 2.45) is 0 Å². The van der Waals surface area contributed by atoms with Crippen LogP contribution in [0.4, 0.5) is 0 Å². The Labute approximate surface area is 136 Å². The van der Waals surface area contributed by atoms with Crippen LogP contribution in [-0.2, 0) is 19.6 Å². The summed E-state index contributed by atoms with van der Waals surface area (Å²) in [6, 6.07) is 9.83. The molecule has 0 aliphatic heterocycles. The maximum atomic E-state index is 5.54. The van der Waals surface area contributed by atoms with E-state index in [9.17, 15) is 0 Å². The van der Waals surface area contributed by atoms with Crippen molar-refractivity contribution in [3.8, 4) is 0 Å². The molecule has 3 heterocycles. The van der Waals surface area contributed by atoms with Gasteiger partial charge in [-0.2, -0.15) is 0 Å². The molecule has 0 atom stereocenters. The summed E-state index contributed by atoms with van der Waals surface area (Å²) in [7, 11) is 0. The fraction of sp³-hybridized carbons (Fsp3) is 0.333. The zero-order valence-corrected chi connectivity index (χ0v) is 13.5. The Kier molecular flexibility index (Phi) is 4.88. The molecule has 0 N–H and O–H groups in total. The Morgan fingerprint density at radius 3 is 2.52 bits per heavy atom. The second kappa shape index (κ2) is 7.24. The molecule has 0 aromatic carbocycles. The van der Waals surface area contributed by atoms with Gasteiger partial charge in [-0.05, 0) is 24.3 Å². The van der Waals surface area contributed by atoms with Gasteiger partial charge in [0, 0.05) is 25.2 Å². The molecule has 23 heavy (non-hydrogen) atoms. The minimum Gasteiger partial charge on any atom is -0.468 e. The quantitative estimate of drug-likeness (QED) is 0.660. The molecule has 3 rings (SSSR count). The molecule has 3 aromatic heterocycles. The Morgan fingerprint density at radius 2 is 1.87 bits per heavy atom. The molecule has 5 heteroatoms. The van der Waals surface area contributed by atoms with E-state index < -0.39 is 0 Å². The van der Waals surface area contributed by atoms with Crippen molar-refractivity contribution in [1.82, 2.24) is 14.9 Å². The number of aromatic nitrogens is 2. The van der Waals surface area contributed by atoms with Gasteiger partial charge in [-0.3, -0.25) is 9.88 Å². The summed E-state index contributed by atoms with van der Waals surface area (Å²) in [5, 5.41) is 0. The van der Waals surface area contributed by atoms with Crippen LogP contribution >= 0.6 is 0 Å². The summed E-state index contributed by atoms with van der Waals surface area (Å²) < 4.78 is 11.0. The number of furan rings is 1. The van der Waals surface area contributed by atoms with Crippen LogP contribution < -0.4 is 0 Å². The van der Waals surface area contributed by atoms with Crippen molar-refractivity contribution >= 4 is 0 Å². The molecule has 0 bridgehead atoms. The number of rotatable bonds is 7. The van der Waals surface area contributed by atoms with E-state index in [1.165, 1.54) is 0 Å². The monoisotopic (exact) mass is 311 g/mol. The summed E-state index contributed by atoms with van der Waals surface area (Å²) in [5.74, 6) is 1.99. The second-order valence-corrected chi connectivity index (χ2v) is 5.88. The van der Waals surface area contributed by atoms with Crippen molar-refractivity contribution < 1.29 is 8.83 Å². The molecular weight excluding hydrogens is 290 g/mol.